The second-order valence-electron chi connectivity index (χ2n) is 12.2. The third-order valence-electron chi connectivity index (χ3n) is 9.07. The number of ether oxygens (including phenoxy) is 3. The Bertz CT molecular complexity index is 1550. The third-order valence-corrected chi connectivity index (χ3v) is 11.0. The zero-order chi connectivity index (χ0) is 32.4. The van der Waals surface area contributed by atoms with Crippen LogP contribution < -0.4 is 35.0 Å². The number of rotatable bonds is 9. The van der Waals surface area contributed by atoms with Crippen LogP contribution in [0.4, 0.5) is 33.2 Å². The van der Waals surface area contributed by atoms with Crippen LogP contribution in [0, 0.1) is 5.82 Å². The van der Waals surface area contributed by atoms with Gasteiger partial charge in [0, 0.05) is 74.6 Å². The highest BCUT2D eigenvalue weighted by molar-refractivity contribution is 9.10. The average molecular weight is 717 g/mol. The lowest BCUT2D eigenvalue weighted by atomic mass is 9.99. The summed E-state index contributed by atoms with van der Waals surface area (Å²) in [5.41, 5.74) is 3.85. The first-order chi connectivity index (χ1) is 22.2. The van der Waals surface area contributed by atoms with Gasteiger partial charge in [-0.15, -0.1) is 0 Å². The maximum absolute atomic E-state index is 15.1. The molecule has 0 atom stereocenters. The summed E-state index contributed by atoms with van der Waals surface area (Å²) < 4.78 is 33.1. The molecule has 1 aromatic heterocycles. The molecule has 248 valence electrons. The van der Waals surface area contributed by atoms with Crippen molar-refractivity contribution >= 4 is 58.0 Å². The van der Waals surface area contributed by atoms with Gasteiger partial charge in [0.25, 0.3) is 0 Å². The van der Waals surface area contributed by atoms with Gasteiger partial charge in [-0.2, -0.15) is 4.98 Å². The van der Waals surface area contributed by atoms with E-state index >= 15 is 4.39 Å². The third kappa shape index (κ3) is 7.00. The van der Waals surface area contributed by atoms with Crippen molar-refractivity contribution in [2.75, 3.05) is 95.5 Å². The number of aromatic nitrogens is 2. The number of piperazine rings is 1. The Kier molecular flexibility index (Phi) is 10.4. The first-order valence-electron chi connectivity index (χ1n) is 16.0. The summed E-state index contributed by atoms with van der Waals surface area (Å²) in [6.45, 7) is 13.8. The lowest BCUT2D eigenvalue weighted by Crippen LogP contribution is -2.52. The van der Waals surface area contributed by atoms with E-state index in [1.807, 2.05) is 0 Å². The molecule has 0 unspecified atom stereocenters. The molecule has 0 spiro atoms. The van der Waals surface area contributed by atoms with Gasteiger partial charge in [0.05, 0.1) is 23.0 Å². The molecule has 2 aromatic carbocycles. The second-order valence-corrected chi connectivity index (χ2v) is 15.3. The molecular formula is C33H44BrFN7O3P. The maximum Gasteiger partial charge on any atom is 0.229 e. The molecule has 4 heterocycles. The highest BCUT2D eigenvalue weighted by atomic mass is 79.9. The molecule has 3 aliphatic rings. The molecule has 2 N–H and O–H groups in total. The molecule has 6 rings (SSSR count). The molecule has 46 heavy (non-hydrogen) atoms. The van der Waals surface area contributed by atoms with Crippen molar-refractivity contribution in [1.29, 1.82) is 0 Å². The summed E-state index contributed by atoms with van der Waals surface area (Å²) in [7, 11) is 3.24. The van der Waals surface area contributed by atoms with Gasteiger partial charge < -0.3 is 34.6 Å². The van der Waals surface area contributed by atoms with E-state index in [9.17, 15) is 0 Å². The monoisotopic (exact) mass is 715 g/mol. The molecule has 0 aliphatic carbocycles. The lowest BCUT2D eigenvalue weighted by molar-refractivity contribution is 0.0982. The Morgan fingerprint density at radius 1 is 1.00 bits per heavy atom. The Labute approximate surface area is 280 Å². The molecule has 3 aromatic rings. The molecule has 13 heteroatoms. The molecule has 3 aliphatic heterocycles. The molecule has 0 saturated carbocycles. The van der Waals surface area contributed by atoms with Crippen LogP contribution in [0.1, 0.15) is 25.3 Å². The van der Waals surface area contributed by atoms with Crippen molar-refractivity contribution in [3.63, 3.8) is 0 Å². The summed E-state index contributed by atoms with van der Waals surface area (Å²) >= 11 is 3.57. The molecule has 0 radical (unpaired) electrons. The topological polar surface area (TPSA) is 87.2 Å². The standard InChI is InChI=1S/C33H44BrFN7O3P/c1-6-21-17-25(28(43-3)19-27(21)42-9-7-22(8-10-42)41-13-11-40(2)12-14-41)38-33-36-20-23(34)32(39-33)37-26-18-24(35)29-30(31(26)46(4)5)45-16-15-44-29/h17-20,22H,6-16H2,1-5H3,(H2,36,37,38,39). The molecular weight excluding hydrogens is 672 g/mol. The Hall–Kier alpha value is -2.92. The van der Waals surface area contributed by atoms with E-state index in [-0.39, 0.29) is 5.75 Å². The van der Waals surface area contributed by atoms with Gasteiger partial charge in [-0.3, -0.25) is 4.90 Å². The summed E-state index contributed by atoms with van der Waals surface area (Å²) in [6, 6.07) is 6.40. The summed E-state index contributed by atoms with van der Waals surface area (Å²) in [5, 5.41) is 7.61. The number of methoxy groups -OCH3 is 1. The summed E-state index contributed by atoms with van der Waals surface area (Å²) in [5.74, 6) is 1.79. The number of piperidine rings is 1. The van der Waals surface area contributed by atoms with E-state index in [1.165, 1.54) is 30.2 Å². The van der Waals surface area contributed by atoms with Crippen molar-refractivity contribution in [3.8, 4) is 17.2 Å². The largest absolute Gasteiger partial charge is 0.494 e. The number of aryl methyl sites for hydroxylation is 1. The minimum absolute atomic E-state index is 0.175. The van der Waals surface area contributed by atoms with Crippen LogP contribution in [0.25, 0.3) is 0 Å². The van der Waals surface area contributed by atoms with Crippen molar-refractivity contribution in [3.05, 3.63) is 40.2 Å². The van der Waals surface area contributed by atoms with E-state index in [2.05, 4.69) is 85.7 Å². The van der Waals surface area contributed by atoms with Gasteiger partial charge in [-0.25, -0.2) is 9.37 Å². The normalized spacial score (nSPS) is 17.8. The number of hydrogen-bond donors (Lipinski definition) is 2. The number of fused-ring (bicyclic) bond motifs is 1. The van der Waals surface area contributed by atoms with Gasteiger partial charge in [0.15, 0.2) is 17.3 Å². The number of likely N-dealkylation sites (N-methyl/N-ethyl adjacent to an activating group) is 1. The van der Waals surface area contributed by atoms with Crippen LogP contribution in [0.3, 0.4) is 0 Å². The SMILES string of the molecule is CCc1cc(Nc2ncc(Br)c(Nc3cc(F)c4c(c3P(C)C)OCCO4)n2)c(OC)cc1N1CCC(N2CCN(C)CC2)CC1. The van der Waals surface area contributed by atoms with Crippen LogP contribution in [0.5, 0.6) is 17.2 Å². The number of nitrogens with zero attached hydrogens (tertiary/aromatic N) is 5. The van der Waals surface area contributed by atoms with E-state index in [0.29, 0.717) is 46.9 Å². The second kappa shape index (κ2) is 14.5. The van der Waals surface area contributed by atoms with Crippen LogP contribution in [-0.4, -0.2) is 106 Å². The van der Waals surface area contributed by atoms with E-state index < -0.39 is 13.7 Å². The number of nitrogens with one attached hydrogen (secondary N) is 2. The van der Waals surface area contributed by atoms with E-state index in [4.69, 9.17) is 19.2 Å². The quantitative estimate of drug-likeness (QED) is 0.266. The average Bonchev–Trinajstić information content (AvgIpc) is 3.06. The lowest BCUT2D eigenvalue weighted by Gasteiger charge is -2.43. The zero-order valence-electron chi connectivity index (χ0n) is 27.3. The first kappa shape index (κ1) is 33.0. The van der Waals surface area contributed by atoms with Crippen LogP contribution >= 0.6 is 23.9 Å². The molecule has 10 nitrogen and oxygen atoms in total. The van der Waals surface area contributed by atoms with Crippen molar-refractivity contribution in [1.82, 2.24) is 19.8 Å². The fourth-order valence-corrected chi connectivity index (χ4v) is 8.04. The van der Waals surface area contributed by atoms with Crippen LogP contribution in [-0.2, 0) is 6.42 Å². The van der Waals surface area contributed by atoms with Crippen LogP contribution in [0.15, 0.2) is 28.9 Å². The minimum atomic E-state index is -0.659. The predicted octanol–water partition coefficient (Wildman–Crippen LogP) is 5.79. The number of halogens is 2. The fraction of sp³-hybridized carbons (Fsp3) is 0.515. The van der Waals surface area contributed by atoms with E-state index in [0.717, 1.165) is 62.4 Å². The van der Waals surface area contributed by atoms with Crippen molar-refractivity contribution in [2.45, 2.75) is 32.2 Å². The Balaban J connectivity index is 1.21. The van der Waals surface area contributed by atoms with Gasteiger partial charge in [-0.1, -0.05) is 14.8 Å². The number of benzene rings is 2. The summed E-state index contributed by atoms with van der Waals surface area (Å²) in [6.07, 6.45) is 4.91. The highest BCUT2D eigenvalue weighted by Crippen LogP contribution is 2.44. The van der Waals surface area contributed by atoms with Crippen molar-refractivity contribution < 1.29 is 18.6 Å². The minimum Gasteiger partial charge on any atom is -0.494 e. The van der Waals surface area contributed by atoms with Gasteiger partial charge in [0.2, 0.25) is 5.95 Å². The maximum atomic E-state index is 15.1. The smallest absolute Gasteiger partial charge is 0.229 e. The van der Waals surface area contributed by atoms with Gasteiger partial charge >= 0.3 is 0 Å². The van der Waals surface area contributed by atoms with Crippen LogP contribution in [0.2, 0.25) is 0 Å². The molecule has 2 saturated heterocycles. The molecule has 0 amide bonds. The first-order valence-corrected chi connectivity index (χ1v) is 19.0. The molecule has 2 fully saturated rings. The summed E-state index contributed by atoms with van der Waals surface area (Å²) in [4.78, 5) is 16.9. The Morgan fingerprint density at radius 3 is 2.39 bits per heavy atom. The Morgan fingerprint density at radius 2 is 1.72 bits per heavy atom. The predicted molar refractivity (Wildman–Crippen MR) is 189 cm³/mol. The van der Waals surface area contributed by atoms with Gasteiger partial charge in [-0.05, 0) is 67.2 Å². The highest BCUT2D eigenvalue weighted by Gasteiger charge is 2.29. The fourth-order valence-electron chi connectivity index (χ4n) is 6.57. The van der Waals surface area contributed by atoms with Crippen molar-refractivity contribution in [2.24, 2.45) is 0 Å². The number of anilines is 5. The molecule has 0 bridgehead atoms. The van der Waals surface area contributed by atoms with Gasteiger partial charge in [0.1, 0.15) is 24.8 Å². The zero-order valence-corrected chi connectivity index (χ0v) is 29.8. The number of hydrogen-bond acceptors (Lipinski definition) is 10. The van der Waals surface area contributed by atoms with E-state index in [1.54, 1.807) is 13.3 Å².